The average Bonchev–Trinajstić information content (AvgIpc) is 3.33. The smallest absolute Gasteiger partial charge is 0.439 e. The summed E-state index contributed by atoms with van der Waals surface area (Å²) in [5.41, 5.74) is 2.62. The van der Waals surface area contributed by atoms with E-state index in [4.69, 9.17) is 9.47 Å². The predicted molar refractivity (Wildman–Crippen MR) is 141 cm³/mol. The Labute approximate surface area is 228 Å². The van der Waals surface area contributed by atoms with Gasteiger partial charge in [-0.05, 0) is 55.3 Å². The van der Waals surface area contributed by atoms with Crippen LogP contribution < -0.4 is 16.0 Å². The Morgan fingerprint density at radius 1 is 1.10 bits per heavy atom. The first-order chi connectivity index (χ1) is 19.2. The summed E-state index contributed by atoms with van der Waals surface area (Å²) < 4.78 is 15.4. The molecule has 0 saturated carbocycles. The van der Waals surface area contributed by atoms with Crippen LogP contribution >= 0.6 is 0 Å². The Morgan fingerprint density at radius 2 is 1.85 bits per heavy atom. The molecule has 0 spiro atoms. The predicted octanol–water partition coefficient (Wildman–Crippen LogP) is 1.49. The lowest BCUT2D eigenvalue weighted by Crippen LogP contribution is -2.56. The lowest BCUT2D eigenvalue weighted by molar-refractivity contribution is -0.167. The molecule has 0 bridgehead atoms. The van der Waals surface area contributed by atoms with Crippen molar-refractivity contribution >= 4 is 35.1 Å². The maximum Gasteiger partial charge on any atom is 0.439 e. The summed E-state index contributed by atoms with van der Waals surface area (Å²) in [5.74, 6) is -2.70. The number of amides is 3. The van der Waals surface area contributed by atoms with Gasteiger partial charge in [0.1, 0.15) is 0 Å². The van der Waals surface area contributed by atoms with Crippen molar-refractivity contribution in [3.8, 4) is 11.4 Å². The SMILES string of the molecule is CC(=O)O[C@@H](C(=O)Nc1ccc(-c2noc(=O)[nH]2)cc1)[C@H]1OCCN(c2cc(C(=O)N3CCC3)ccc2C)C1=O. The number of anilines is 2. The van der Waals surface area contributed by atoms with Gasteiger partial charge in [0, 0.05) is 49.1 Å². The maximum atomic E-state index is 13.6. The van der Waals surface area contributed by atoms with Crippen molar-refractivity contribution in [2.75, 3.05) is 36.5 Å². The Morgan fingerprint density at radius 3 is 2.48 bits per heavy atom. The van der Waals surface area contributed by atoms with E-state index in [2.05, 4.69) is 20.0 Å². The van der Waals surface area contributed by atoms with Crippen LogP contribution in [0.3, 0.4) is 0 Å². The quantitative estimate of drug-likeness (QED) is 0.416. The van der Waals surface area contributed by atoms with Gasteiger partial charge in [0.05, 0.1) is 6.61 Å². The molecule has 5 rings (SSSR count). The fourth-order valence-corrected chi connectivity index (χ4v) is 4.51. The molecule has 208 valence electrons. The zero-order valence-electron chi connectivity index (χ0n) is 21.8. The van der Waals surface area contributed by atoms with Crippen molar-refractivity contribution < 1.29 is 33.2 Å². The third kappa shape index (κ3) is 5.50. The molecule has 2 aromatic carbocycles. The number of ether oxygens (including phenoxy) is 2. The van der Waals surface area contributed by atoms with E-state index >= 15 is 0 Å². The number of hydrogen-bond acceptors (Lipinski definition) is 9. The molecule has 13 heteroatoms. The molecule has 13 nitrogen and oxygen atoms in total. The Bertz CT molecular complexity index is 1510. The molecule has 3 heterocycles. The summed E-state index contributed by atoms with van der Waals surface area (Å²) in [6, 6.07) is 11.4. The lowest BCUT2D eigenvalue weighted by atomic mass is 10.0. The first-order valence-corrected chi connectivity index (χ1v) is 12.7. The van der Waals surface area contributed by atoms with E-state index in [-0.39, 0.29) is 24.9 Å². The number of aromatic amines is 1. The number of hydrogen-bond donors (Lipinski definition) is 2. The molecule has 2 N–H and O–H groups in total. The fraction of sp³-hybridized carbons (Fsp3) is 0.333. The van der Waals surface area contributed by atoms with Gasteiger partial charge in [0.2, 0.25) is 6.10 Å². The molecule has 0 radical (unpaired) electrons. The van der Waals surface area contributed by atoms with E-state index < -0.39 is 35.7 Å². The Balaban J connectivity index is 1.35. The molecule has 2 aliphatic heterocycles. The fourth-order valence-electron chi connectivity index (χ4n) is 4.51. The van der Waals surface area contributed by atoms with Crippen molar-refractivity contribution in [1.82, 2.24) is 15.0 Å². The highest BCUT2D eigenvalue weighted by Gasteiger charge is 2.43. The zero-order valence-corrected chi connectivity index (χ0v) is 21.8. The number of likely N-dealkylation sites (tertiary alicyclic amines) is 1. The van der Waals surface area contributed by atoms with Crippen LogP contribution in [0.2, 0.25) is 0 Å². The zero-order chi connectivity index (χ0) is 28.4. The normalized spacial score (nSPS) is 17.6. The number of nitrogens with one attached hydrogen (secondary N) is 2. The minimum absolute atomic E-state index is 0.0792. The molecule has 0 aliphatic carbocycles. The Hall–Kier alpha value is -4.78. The van der Waals surface area contributed by atoms with Gasteiger partial charge in [-0.1, -0.05) is 11.2 Å². The highest BCUT2D eigenvalue weighted by molar-refractivity contribution is 6.05. The molecular weight excluding hydrogens is 522 g/mol. The highest BCUT2D eigenvalue weighted by Crippen LogP contribution is 2.28. The lowest BCUT2D eigenvalue weighted by Gasteiger charge is -2.36. The van der Waals surface area contributed by atoms with E-state index in [1.165, 1.54) is 4.90 Å². The number of carbonyl (C=O) groups excluding carboxylic acids is 4. The van der Waals surface area contributed by atoms with Crippen LogP contribution in [-0.4, -0.2) is 77.2 Å². The molecule has 2 aliphatic rings. The van der Waals surface area contributed by atoms with Gasteiger partial charge in [-0.3, -0.25) is 28.7 Å². The van der Waals surface area contributed by atoms with Gasteiger partial charge in [-0.15, -0.1) is 0 Å². The number of aromatic nitrogens is 2. The van der Waals surface area contributed by atoms with E-state index in [0.29, 0.717) is 35.6 Å². The van der Waals surface area contributed by atoms with Crippen molar-refractivity contribution in [2.45, 2.75) is 32.5 Å². The van der Waals surface area contributed by atoms with Gasteiger partial charge >= 0.3 is 11.7 Å². The third-order valence-corrected chi connectivity index (χ3v) is 6.70. The van der Waals surface area contributed by atoms with Crippen LogP contribution in [0.15, 0.2) is 51.8 Å². The van der Waals surface area contributed by atoms with E-state index in [9.17, 15) is 24.0 Å². The van der Waals surface area contributed by atoms with Crippen LogP contribution in [-0.2, 0) is 23.9 Å². The number of nitrogens with zero attached hydrogens (tertiary/aromatic N) is 3. The summed E-state index contributed by atoms with van der Waals surface area (Å²) in [6.45, 7) is 4.62. The molecule has 0 unspecified atom stereocenters. The maximum absolute atomic E-state index is 13.6. The number of carbonyl (C=O) groups is 4. The number of morpholine rings is 1. The first-order valence-electron chi connectivity index (χ1n) is 12.7. The van der Waals surface area contributed by atoms with E-state index in [0.717, 1.165) is 18.9 Å². The molecule has 1 aromatic heterocycles. The minimum Gasteiger partial charge on any atom is -0.449 e. The van der Waals surface area contributed by atoms with E-state index in [1.807, 2.05) is 6.92 Å². The van der Waals surface area contributed by atoms with Crippen LogP contribution in [0.25, 0.3) is 11.4 Å². The van der Waals surface area contributed by atoms with Gasteiger partial charge in [0.25, 0.3) is 17.7 Å². The molecule has 2 fully saturated rings. The van der Waals surface area contributed by atoms with E-state index in [1.54, 1.807) is 47.4 Å². The van der Waals surface area contributed by atoms with Gasteiger partial charge in [-0.25, -0.2) is 4.79 Å². The molecule has 40 heavy (non-hydrogen) atoms. The summed E-state index contributed by atoms with van der Waals surface area (Å²) >= 11 is 0. The second-order valence-corrected chi connectivity index (χ2v) is 9.47. The number of benzene rings is 2. The second-order valence-electron chi connectivity index (χ2n) is 9.47. The van der Waals surface area contributed by atoms with Crippen molar-refractivity contribution in [3.63, 3.8) is 0 Å². The number of esters is 1. The Kier molecular flexibility index (Phi) is 7.47. The standard InChI is InChI=1S/C27H27N5O8/c1-15-4-5-18(25(35)31-10-3-11-31)14-20(15)32-12-13-38-22(26(32)36)21(39-16(2)33)24(34)28-19-8-6-17(7-9-19)23-29-27(37)40-30-23/h4-9,14,21-22H,3,10-13H2,1-2H3,(H,28,34)(H,29,30,37)/t21-,22-/m1/s1. The highest BCUT2D eigenvalue weighted by atomic mass is 16.6. The van der Waals surface area contributed by atoms with Crippen molar-refractivity contribution in [2.24, 2.45) is 0 Å². The minimum atomic E-state index is -1.58. The average molecular weight is 550 g/mol. The summed E-state index contributed by atoms with van der Waals surface area (Å²) in [5, 5.41) is 6.24. The molecule has 3 aromatic rings. The number of H-pyrrole nitrogens is 1. The first kappa shape index (κ1) is 26.8. The molecule has 3 amide bonds. The van der Waals surface area contributed by atoms with Crippen LogP contribution in [0, 0.1) is 6.92 Å². The second kappa shape index (κ2) is 11.1. The molecular formula is C27H27N5O8. The number of aryl methyl sites for hydroxylation is 1. The van der Waals surface area contributed by atoms with Gasteiger partial charge < -0.3 is 24.6 Å². The van der Waals surface area contributed by atoms with Crippen molar-refractivity contribution in [3.05, 3.63) is 64.1 Å². The summed E-state index contributed by atoms with van der Waals surface area (Å²) in [4.78, 5) is 68.4. The van der Waals surface area contributed by atoms with Gasteiger partial charge in [-0.2, -0.15) is 0 Å². The van der Waals surface area contributed by atoms with Crippen molar-refractivity contribution in [1.29, 1.82) is 0 Å². The third-order valence-electron chi connectivity index (χ3n) is 6.70. The topological polar surface area (TPSA) is 164 Å². The molecule has 2 atom stereocenters. The summed E-state index contributed by atoms with van der Waals surface area (Å²) in [7, 11) is 0. The summed E-state index contributed by atoms with van der Waals surface area (Å²) in [6.07, 6.45) is -2.03. The van der Waals surface area contributed by atoms with Crippen LogP contribution in [0.5, 0.6) is 0 Å². The molecule has 2 saturated heterocycles. The number of rotatable bonds is 7. The monoisotopic (exact) mass is 549 g/mol. The van der Waals surface area contributed by atoms with Crippen LogP contribution in [0.1, 0.15) is 29.3 Å². The van der Waals surface area contributed by atoms with Crippen LogP contribution in [0.4, 0.5) is 11.4 Å². The largest absolute Gasteiger partial charge is 0.449 e. The van der Waals surface area contributed by atoms with Gasteiger partial charge in [0.15, 0.2) is 11.9 Å².